The Hall–Kier alpha value is -2.87. The minimum atomic E-state index is -0.373. The number of nitrogens with zero attached hydrogens (tertiary/aromatic N) is 2. The highest BCUT2D eigenvalue weighted by molar-refractivity contribution is 6.30. The van der Waals surface area contributed by atoms with Crippen molar-refractivity contribution in [1.82, 2.24) is 10.2 Å². The fourth-order valence-corrected chi connectivity index (χ4v) is 3.74. The first-order valence-corrected chi connectivity index (χ1v) is 10.6. The van der Waals surface area contributed by atoms with E-state index in [-0.39, 0.29) is 24.1 Å². The average molecular weight is 442 g/mol. The third-order valence-corrected chi connectivity index (χ3v) is 5.37. The van der Waals surface area contributed by atoms with E-state index in [9.17, 15) is 9.59 Å². The molecular weight excluding hydrogens is 418 g/mol. The van der Waals surface area contributed by atoms with Gasteiger partial charge in [-0.2, -0.15) is 0 Å². The lowest BCUT2D eigenvalue weighted by Crippen LogP contribution is -2.46. The number of halogens is 1. The quantitative estimate of drug-likeness (QED) is 0.697. The number of para-hydroxylation sites is 2. The summed E-state index contributed by atoms with van der Waals surface area (Å²) in [4.78, 5) is 29.4. The molecule has 2 aliphatic heterocycles. The van der Waals surface area contributed by atoms with Crippen molar-refractivity contribution in [3.05, 3.63) is 64.9 Å². The van der Waals surface area contributed by atoms with Crippen LogP contribution in [0.3, 0.4) is 0 Å². The highest BCUT2D eigenvalue weighted by Gasteiger charge is 2.31. The molecule has 7 nitrogen and oxygen atoms in total. The van der Waals surface area contributed by atoms with Crippen LogP contribution < -0.4 is 15.0 Å². The molecule has 0 aliphatic carbocycles. The topological polar surface area (TPSA) is 71.1 Å². The molecule has 8 heteroatoms. The normalized spacial score (nSPS) is 17.9. The lowest BCUT2D eigenvalue weighted by molar-refractivity contribution is -0.123. The average Bonchev–Trinajstić information content (AvgIpc) is 2.77. The van der Waals surface area contributed by atoms with Crippen LogP contribution in [0, 0.1) is 0 Å². The molecule has 2 heterocycles. The van der Waals surface area contributed by atoms with Crippen LogP contribution in [0.15, 0.2) is 54.3 Å². The molecule has 1 fully saturated rings. The van der Waals surface area contributed by atoms with Crippen LogP contribution in [0.1, 0.15) is 5.56 Å². The number of nitrogens with one attached hydrogen (secondary N) is 1. The van der Waals surface area contributed by atoms with Gasteiger partial charge in [0.2, 0.25) is 5.91 Å². The second-order valence-corrected chi connectivity index (χ2v) is 7.77. The van der Waals surface area contributed by atoms with E-state index < -0.39 is 0 Å². The number of carbonyl (C=O) groups excluding carboxylic acids is 2. The van der Waals surface area contributed by atoms with Gasteiger partial charge in [-0.3, -0.25) is 19.4 Å². The van der Waals surface area contributed by atoms with Crippen molar-refractivity contribution in [3.63, 3.8) is 0 Å². The van der Waals surface area contributed by atoms with Crippen molar-refractivity contribution in [2.45, 2.75) is 0 Å². The van der Waals surface area contributed by atoms with Crippen LogP contribution in [-0.4, -0.2) is 62.7 Å². The number of rotatable bonds is 6. The molecule has 2 aromatic rings. The number of hydrogen-bond donors (Lipinski definition) is 1. The summed E-state index contributed by atoms with van der Waals surface area (Å²) in [5, 5.41) is 3.47. The van der Waals surface area contributed by atoms with E-state index >= 15 is 0 Å². The third kappa shape index (κ3) is 5.44. The molecule has 0 unspecified atom stereocenters. The molecule has 1 N–H and O–H groups in total. The Labute approximate surface area is 186 Å². The predicted molar refractivity (Wildman–Crippen MR) is 119 cm³/mol. The monoisotopic (exact) mass is 441 g/mol. The number of carbonyl (C=O) groups is 2. The molecule has 162 valence electrons. The van der Waals surface area contributed by atoms with Crippen molar-refractivity contribution in [2.24, 2.45) is 0 Å². The first-order valence-electron chi connectivity index (χ1n) is 10.2. The zero-order valence-corrected chi connectivity index (χ0v) is 17.8. The Balaban J connectivity index is 1.46. The Morgan fingerprint density at radius 3 is 2.74 bits per heavy atom. The van der Waals surface area contributed by atoms with Gasteiger partial charge in [0.15, 0.2) is 11.5 Å². The van der Waals surface area contributed by atoms with E-state index in [0.717, 1.165) is 38.4 Å². The van der Waals surface area contributed by atoms with Gasteiger partial charge in [0.25, 0.3) is 5.91 Å². The van der Waals surface area contributed by atoms with E-state index in [2.05, 4.69) is 10.2 Å². The van der Waals surface area contributed by atoms with Gasteiger partial charge in [0, 0.05) is 31.2 Å². The molecule has 0 saturated carbocycles. The zero-order valence-electron chi connectivity index (χ0n) is 17.1. The fourth-order valence-electron chi connectivity index (χ4n) is 3.54. The van der Waals surface area contributed by atoms with Gasteiger partial charge in [-0.1, -0.05) is 35.9 Å². The summed E-state index contributed by atoms with van der Waals surface area (Å²) in [6.45, 7) is 4.34. The maximum atomic E-state index is 13.1. The van der Waals surface area contributed by atoms with Crippen LogP contribution in [0.25, 0.3) is 6.08 Å². The summed E-state index contributed by atoms with van der Waals surface area (Å²) < 4.78 is 11.2. The van der Waals surface area contributed by atoms with Crippen LogP contribution >= 0.6 is 11.6 Å². The standard InChI is InChI=1S/C23H24ClN3O4/c24-18-5-3-4-17(14-18)15-21-23(29)27(19-6-1-2-7-20(19)31-21)16-22(28)25-8-9-26-10-12-30-13-11-26/h1-7,14-15H,8-13,16H2,(H,25,28)/b21-15+. The molecule has 2 aliphatic rings. The lowest BCUT2D eigenvalue weighted by atomic mass is 10.1. The number of morpholine rings is 1. The number of benzene rings is 2. The molecular formula is C23H24ClN3O4. The van der Waals surface area contributed by atoms with Crippen molar-refractivity contribution in [1.29, 1.82) is 0 Å². The molecule has 0 radical (unpaired) electrons. The SMILES string of the molecule is O=C(CN1C(=O)/C(=C\c2cccc(Cl)c2)Oc2ccccc21)NCCN1CCOCC1. The molecule has 0 bridgehead atoms. The number of hydrogen-bond acceptors (Lipinski definition) is 5. The number of anilines is 1. The predicted octanol–water partition coefficient (Wildman–Crippen LogP) is 2.55. The minimum absolute atomic E-state index is 0.0881. The van der Waals surface area contributed by atoms with Gasteiger partial charge >= 0.3 is 0 Å². The smallest absolute Gasteiger partial charge is 0.294 e. The van der Waals surface area contributed by atoms with Crippen molar-refractivity contribution >= 4 is 35.2 Å². The molecule has 0 spiro atoms. The highest BCUT2D eigenvalue weighted by atomic mass is 35.5. The third-order valence-electron chi connectivity index (χ3n) is 5.13. The van der Waals surface area contributed by atoms with E-state index in [1.54, 1.807) is 36.4 Å². The summed E-state index contributed by atoms with van der Waals surface area (Å²) in [5.41, 5.74) is 1.31. The first kappa shape index (κ1) is 21.4. The lowest BCUT2D eigenvalue weighted by Gasteiger charge is -2.30. The minimum Gasteiger partial charge on any atom is -0.449 e. The van der Waals surface area contributed by atoms with Gasteiger partial charge in [0.1, 0.15) is 6.54 Å². The van der Waals surface area contributed by atoms with E-state index in [4.69, 9.17) is 21.1 Å². The summed E-state index contributed by atoms with van der Waals surface area (Å²) in [6.07, 6.45) is 1.63. The van der Waals surface area contributed by atoms with E-state index in [0.29, 0.717) is 23.0 Å². The fraction of sp³-hybridized carbons (Fsp3) is 0.304. The second-order valence-electron chi connectivity index (χ2n) is 7.33. The van der Waals surface area contributed by atoms with Crippen molar-refractivity contribution in [2.75, 3.05) is 50.8 Å². The second kappa shape index (κ2) is 9.96. The first-order chi connectivity index (χ1) is 15.1. The Kier molecular flexibility index (Phi) is 6.86. The molecule has 1 saturated heterocycles. The Morgan fingerprint density at radius 1 is 1.13 bits per heavy atom. The number of ether oxygens (including phenoxy) is 2. The van der Waals surface area contributed by atoms with Gasteiger partial charge in [0.05, 0.1) is 18.9 Å². The number of fused-ring (bicyclic) bond motifs is 1. The zero-order chi connectivity index (χ0) is 21.6. The van der Waals surface area contributed by atoms with Gasteiger partial charge in [-0.25, -0.2) is 0 Å². The molecule has 2 amide bonds. The maximum absolute atomic E-state index is 13.1. The van der Waals surface area contributed by atoms with Crippen molar-refractivity contribution < 1.29 is 19.1 Å². The van der Waals surface area contributed by atoms with Crippen LogP contribution in [0.2, 0.25) is 5.02 Å². The highest BCUT2D eigenvalue weighted by Crippen LogP contribution is 2.35. The van der Waals surface area contributed by atoms with E-state index in [1.165, 1.54) is 4.90 Å². The Morgan fingerprint density at radius 2 is 1.94 bits per heavy atom. The van der Waals surface area contributed by atoms with Crippen LogP contribution in [0.4, 0.5) is 5.69 Å². The van der Waals surface area contributed by atoms with Gasteiger partial charge in [-0.05, 0) is 35.9 Å². The molecule has 2 aromatic carbocycles. The summed E-state index contributed by atoms with van der Waals surface area (Å²) in [7, 11) is 0. The van der Waals surface area contributed by atoms with Crippen molar-refractivity contribution in [3.8, 4) is 5.75 Å². The Bertz CT molecular complexity index is 988. The largest absolute Gasteiger partial charge is 0.449 e. The van der Waals surface area contributed by atoms with Gasteiger partial charge < -0.3 is 14.8 Å². The number of amides is 2. The van der Waals surface area contributed by atoms with Crippen LogP contribution in [-0.2, 0) is 14.3 Å². The van der Waals surface area contributed by atoms with Gasteiger partial charge in [-0.15, -0.1) is 0 Å². The van der Waals surface area contributed by atoms with Crippen LogP contribution in [0.5, 0.6) is 5.75 Å². The maximum Gasteiger partial charge on any atom is 0.294 e. The molecule has 31 heavy (non-hydrogen) atoms. The summed E-state index contributed by atoms with van der Waals surface area (Å²) in [6, 6.07) is 14.3. The molecule has 4 rings (SSSR count). The molecule has 0 aromatic heterocycles. The summed E-state index contributed by atoms with van der Waals surface area (Å²) in [5.74, 6) is 0.0704. The van der Waals surface area contributed by atoms with E-state index in [1.807, 2.05) is 18.2 Å². The summed E-state index contributed by atoms with van der Waals surface area (Å²) >= 11 is 6.05. The molecule has 0 atom stereocenters.